The van der Waals surface area contributed by atoms with E-state index in [1.165, 1.54) is 0 Å². The Morgan fingerprint density at radius 2 is 1.71 bits per heavy atom. The second kappa shape index (κ2) is 6.47. The highest BCUT2D eigenvalue weighted by atomic mass is 16.5. The molecule has 0 bridgehead atoms. The molecular weight excluding hydrogens is 218 g/mol. The summed E-state index contributed by atoms with van der Waals surface area (Å²) in [6.45, 7) is 2.03. The average molecular weight is 239 g/mol. The summed E-state index contributed by atoms with van der Waals surface area (Å²) in [6, 6.07) is 6.01. The molecule has 2 unspecified atom stereocenters. The predicted molar refractivity (Wildman–Crippen MR) is 67.8 cm³/mol. The number of methoxy groups -OCH3 is 3. The van der Waals surface area contributed by atoms with Gasteiger partial charge in [0.15, 0.2) is 11.5 Å². The van der Waals surface area contributed by atoms with Gasteiger partial charge in [0.05, 0.1) is 26.4 Å². The highest BCUT2D eigenvalue weighted by molar-refractivity contribution is 5.44. The molecule has 96 valence electrons. The van der Waals surface area contributed by atoms with Gasteiger partial charge in [-0.25, -0.2) is 0 Å². The van der Waals surface area contributed by atoms with E-state index in [0.717, 1.165) is 17.1 Å². The SMILES string of the molecule is CNC(c1ccc(OC)c(OC)c1)C(C)OC. The molecule has 0 saturated heterocycles. The molecule has 0 radical (unpaired) electrons. The van der Waals surface area contributed by atoms with Gasteiger partial charge >= 0.3 is 0 Å². The van der Waals surface area contributed by atoms with Crippen LogP contribution in [0.15, 0.2) is 18.2 Å². The highest BCUT2D eigenvalue weighted by Gasteiger charge is 2.18. The van der Waals surface area contributed by atoms with Crippen molar-refractivity contribution >= 4 is 0 Å². The fourth-order valence-electron chi connectivity index (χ4n) is 1.85. The van der Waals surface area contributed by atoms with Crippen LogP contribution in [0.5, 0.6) is 11.5 Å². The molecule has 0 aliphatic carbocycles. The third-order valence-electron chi connectivity index (χ3n) is 2.92. The van der Waals surface area contributed by atoms with E-state index >= 15 is 0 Å². The van der Waals surface area contributed by atoms with Crippen molar-refractivity contribution in [3.63, 3.8) is 0 Å². The van der Waals surface area contributed by atoms with E-state index in [1.54, 1.807) is 21.3 Å². The van der Waals surface area contributed by atoms with Crippen LogP contribution in [0.3, 0.4) is 0 Å². The zero-order valence-corrected chi connectivity index (χ0v) is 11.1. The molecule has 1 rings (SSSR count). The lowest BCUT2D eigenvalue weighted by Crippen LogP contribution is -2.28. The van der Waals surface area contributed by atoms with Gasteiger partial charge in [0, 0.05) is 7.11 Å². The number of likely N-dealkylation sites (N-methyl/N-ethyl adjacent to an activating group) is 1. The lowest BCUT2D eigenvalue weighted by molar-refractivity contribution is 0.0856. The number of hydrogen-bond acceptors (Lipinski definition) is 4. The van der Waals surface area contributed by atoms with E-state index in [2.05, 4.69) is 5.32 Å². The number of rotatable bonds is 6. The normalized spacial score (nSPS) is 14.2. The average Bonchev–Trinajstić information content (AvgIpc) is 2.38. The number of hydrogen-bond donors (Lipinski definition) is 1. The Hall–Kier alpha value is -1.26. The Kier molecular flexibility index (Phi) is 5.25. The fraction of sp³-hybridized carbons (Fsp3) is 0.538. The molecule has 0 heterocycles. The monoisotopic (exact) mass is 239 g/mol. The lowest BCUT2D eigenvalue weighted by Gasteiger charge is -2.23. The first-order valence-corrected chi connectivity index (χ1v) is 5.59. The molecule has 0 spiro atoms. The summed E-state index contributed by atoms with van der Waals surface area (Å²) in [7, 11) is 6.88. The molecule has 2 atom stereocenters. The van der Waals surface area contributed by atoms with Crippen molar-refractivity contribution in [2.45, 2.75) is 19.1 Å². The van der Waals surface area contributed by atoms with Crippen LogP contribution in [0, 0.1) is 0 Å². The largest absolute Gasteiger partial charge is 0.493 e. The van der Waals surface area contributed by atoms with Gasteiger partial charge in [-0.2, -0.15) is 0 Å². The molecule has 0 aliphatic heterocycles. The summed E-state index contributed by atoms with van der Waals surface area (Å²) in [5.41, 5.74) is 1.11. The van der Waals surface area contributed by atoms with E-state index in [4.69, 9.17) is 14.2 Å². The zero-order chi connectivity index (χ0) is 12.8. The van der Waals surface area contributed by atoms with Crippen molar-refractivity contribution in [3.05, 3.63) is 23.8 Å². The van der Waals surface area contributed by atoms with Crippen LogP contribution in [0.2, 0.25) is 0 Å². The Bertz CT molecular complexity index is 355. The van der Waals surface area contributed by atoms with Crippen molar-refractivity contribution in [3.8, 4) is 11.5 Å². The van der Waals surface area contributed by atoms with Crippen LogP contribution in [0.4, 0.5) is 0 Å². The van der Waals surface area contributed by atoms with Crippen LogP contribution >= 0.6 is 0 Å². The third-order valence-corrected chi connectivity index (χ3v) is 2.92. The summed E-state index contributed by atoms with van der Waals surface area (Å²) in [5, 5.41) is 3.24. The Morgan fingerprint density at radius 1 is 1.06 bits per heavy atom. The first-order chi connectivity index (χ1) is 8.17. The van der Waals surface area contributed by atoms with Crippen molar-refractivity contribution in [2.24, 2.45) is 0 Å². The van der Waals surface area contributed by atoms with E-state index in [9.17, 15) is 0 Å². The molecule has 0 saturated carbocycles. The maximum atomic E-state index is 5.35. The first-order valence-electron chi connectivity index (χ1n) is 5.59. The third kappa shape index (κ3) is 3.11. The molecule has 1 N–H and O–H groups in total. The molecule has 1 aromatic rings. The van der Waals surface area contributed by atoms with Crippen molar-refractivity contribution in [1.29, 1.82) is 0 Å². The topological polar surface area (TPSA) is 39.7 Å². The summed E-state index contributed by atoms with van der Waals surface area (Å²) in [6.07, 6.45) is 0.0816. The summed E-state index contributed by atoms with van der Waals surface area (Å²) in [4.78, 5) is 0. The van der Waals surface area contributed by atoms with Crippen LogP contribution in [-0.2, 0) is 4.74 Å². The summed E-state index contributed by atoms with van der Waals surface area (Å²) < 4.78 is 15.9. The van der Waals surface area contributed by atoms with Gasteiger partial charge in [0.2, 0.25) is 0 Å². The maximum Gasteiger partial charge on any atom is 0.161 e. The van der Waals surface area contributed by atoms with Gasteiger partial charge in [-0.1, -0.05) is 6.07 Å². The lowest BCUT2D eigenvalue weighted by atomic mass is 10.0. The summed E-state index contributed by atoms with van der Waals surface area (Å²) in [5.74, 6) is 1.46. The minimum absolute atomic E-state index is 0.0816. The zero-order valence-electron chi connectivity index (χ0n) is 11.1. The van der Waals surface area contributed by atoms with Gasteiger partial charge in [-0.05, 0) is 31.7 Å². The summed E-state index contributed by atoms with van der Waals surface area (Å²) >= 11 is 0. The molecular formula is C13H21NO3. The van der Waals surface area contributed by atoms with E-state index in [0.29, 0.717) is 0 Å². The van der Waals surface area contributed by atoms with E-state index < -0.39 is 0 Å². The van der Waals surface area contributed by atoms with Crippen LogP contribution in [-0.4, -0.2) is 34.5 Å². The first kappa shape index (κ1) is 13.8. The molecule has 0 amide bonds. The Balaban J connectivity index is 3.04. The van der Waals surface area contributed by atoms with Crippen LogP contribution in [0.1, 0.15) is 18.5 Å². The minimum Gasteiger partial charge on any atom is -0.493 e. The smallest absolute Gasteiger partial charge is 0.161 e. The Morgan fingerprint density at radius 3 is 2.18 bits per heavy atom. The number of nitrogens with one attached hydrogen (secondary N) is 1. The molecule has 17 heavy (non-hydrogen) atoms. The van der Waals surface area contributed by atoms with Gasteiger partial charge in [-0.15, -0.1) is 0 Å². The molecule has 0 aromatic heterocycles. The minimum atomic E-state index is 0.0816. The second-order valence-electron chi connectivity index (χ2n) is 3.82. The quantitative estimate of drug-likeness (QED) is 0.824. The van der Waals surface area contributed by atoms with Gasteiger partial charge in [-0.3, -0.25) is 0 Å². The molecule has 4 heteroatoms. The van der Waals surface area contributed by atoms with Gasteiger partial charge in [0.25, 0.3) is 0 Å². The number of benzene rings is 1. The van der Waals surface area contributed by atoms with E-state index in [1.807, 2.05) is 32.2 Å². The van der Waals surface area contributed by atoms with Crippen molar-refractivity contribution in [1.82, 2.24) is 5.32 Å². The van der Waals surface area contributed by atoms with Crippen molar-refractivity contribution in [2.75, 3.05) is 28.4 Å². The van der Waals surface area contributed by atoms with Crippen LogP contribution < -0.4 is 14.8 Å². The van der Waals surface area contributed by atoms with E-state index in [-0.39, 0.29) is 12.1 Å². The highest BCUT2D eigenvalue weighted by Crippen LogP contribution is 2.31. The standard InChI is InChI=1S/C13H21NO3/c1-9(15-3)13(14-2)10-6-7-11(16-4)12(8-10)17-5/h6-9,13-14H,1-5H3. The molecule has 0 fully saturated rings. The maximum absolute atomic E-state index is 5.35. The van der Waals surface area contributed by atoms with Gasteiger partial charge < -0.3 is 19.5 Å². The fourth-order valence-corrected chi connectivity index (χ4v) is 1.85. The second-order valence-corrected chi connectivity index (χ2v) is 3.82. The molecule has 1 aromatic carbocycles. The molecule has 0 aliphatic rings. The van der Waals surface area contributed by atoms with Gasteiger partial charge in [0.1, 0.15) is 0 Å². The predicted octanol–water partition coefficient (Wildman–Crippen LogP) is 2.00. The Labute approximate surface area is 103 Å². The van der Waals surface area contributed by atoms with Crippen LogP contribution in [0.25, 0.3) is 0 Å². The molecule has 4 nitrogen and oxygen atoms in total. The number of ether oxygens (including phenoxy) is 3. The van der Waals surface area contributed by atoms with Crippen molar-refractivity contribution < 1.29 is 14.2 Å².